The minimum atomic E-state index is -1.23. The summed E-state index contributed by atoms with van der Waals surface area (Å²) in [6, 6.07) is -0.668. The summed E-state index contributed by atoms with van der Waals surface area (Å²) in [5.74, 6) is -0.172. The number of carbonyl (C=O) groups excluding carboxylic acids is 3. The number of nitrogens with one attached hydrogen (secondary N) is 4. The molecule has 12 atom stereocenters. The Morgan fingerprint density at radius 3 is 1.53 bits per heavy atom. The minimum absolute atomic E-state index is 0.212. The van der Waals surface area contributed by atoms with E-state index >= 15 is 0 Å². The molecule has 0 radical (unpaired) electrons. The molecule has 0 bridgehead atoms. The molecule has 19 nitrogen and oxygen atoms in total. The molecule has 12 unspecified atom stereocenters. The van der Waals surface area contributed by atoms with Crippen molar-refractivity contribution in [2.75, 3.05) is 65.5 Å². The highest BCUT2D eigenvalue weighted by Crippen LogP contribution is 2.41. The molecule has 360 valence electrons. The zero-order valence-electron chi connectivity index (χ0n) is 38.0. The van der Waals surface area contributed by atoms with Gasteiger partial charge in [0.25, 0.3) is 5.91 Å². The van der Waals surface area contributed by atoms with Crippen LogP contribution in [0.15, 0.2) is 65.6 Å². The summed E-state index contributed by atoms with van der Waals surface area (Å²) in [6.45, 7) is 20.2. The van der Waals surface area contributed by atoms with Gasteiger partial charge in [0.1, 0.15) is 60.9 Å². The third-order valence-electron chi connectivity index (χ3n) is 11.0. The Labute approximate surface area is 376 Å². The van der Waals surface area contributed by atoms with Gasteiger partial charge in [-0.3, -0.25) is 4.79 Å². The van der Waals surface area contributed by atoms with Gasteiger partial charge in [-0.15, -0.1) is 39.6 Å². The fraction of sp³-hybridized carbons (Fsp3) is 0.595. The van der Waals surface area contributed by atoms with E-state index in [1.165, 1.54) is 16.1 Å². The summed E-state index contributed by atoms with van der Waals surface area (Å²) in [6.07, 6.45) is 11.4. The molecule has 6 rings (SSSR count). The van der Waals surface area contributed by atoms with Crippen molar-refractivity contribution in [3.05, 3.63) is 60.5 Å². The molecule has 64 heavy (non-hydrogen) atoms. The summed E-state index contributed by atoms with van der Waals surface area (Å²) in [5, 5.41) is 76.4. The largest absolute Gasteiger partial charge is 0.388 e. The standard InChI is InChI=1S/C15H25N2O4P.C14H23N2O4P.C13H22N3O4P/c1-9-10(8-17(2)15(20)16-9)14-13(19)12(18)11(21-14)6-7-22(3,4)5;1-8-9(7-15-14(19)16-8)13-12(18)11(17)10(20-13)5-6-21(2,3)4;1-8-15-10(17)7-14-16(8)13-12(19)11(18)9(20-13)5-6-21(2,3)4/h8,11-14,18-19H,1,3,6-7H2,2,4-5H3,(H,16,20);7,10-13,17-18H,1-2,5-6H2,3-4H3,(H2,15,16,19);7,9,11-13,18-19H,1-2,5-6H2,3-4H3,(H,15,17). The maximum atomic E-state index is 11.5. The molecule has 5 amide bonds. The molecular formula is C42H70N7O12P3. The molecule has 0 saturated carbocycles. The summed E-state index contributed by atoms with van der Waals surface area (Å²) >= 11 is 0. The van der Waals surface area contributed by atoms with Crippen LogP contribution in [0.2, 0.25) is 0 Å². The molecule has 3 saturated heterocycles. The summed E-state index contributed by atoms with van der Waals surface area (Å²) in [4.78, 5) is 35.2. The van der Waals surface area contributed by atoms with Crippen LogP contribution >= 0.6 is 20.7 Å². The Hall–Kier alpha value is -3.28. The van der Waals surface area contributed by atoms with Gasteiger partial charge in [-0.05, 0) is 77.7 Å². The number of hydrogen-bond donors (Lipinski definition) is 10. The third kappa shape index (κ3) is 14.4. The maximum Gasteiger partial charge on any atom is 0.325 e. The van der Waals surface area contributed by atoms with Crippen LogP contribution in [0.5, 0.6) is 0 Å². The van der Waals surface area contributed by atoms with E-state index in [1.807, 2.05) is 0 Å². The molecule has 0 aliphatic carbocycles. The number of nitrogens with zero attached hydrogens (tertiary/aromatic N) is 3. The van der Waals surface area contributed by atoms with Crippen LogP contribution in [0.1, 0.15) is 19.3 Å². The second-order valence-electron chi connectivity index (χ2n) is 18.8. The Kier molecular flexibility index (Phi) is 18.0. The van der Waals surface area contributed by atoms with Crippen LogP contribution in [0.25, 0.3) is 0 Å². The van der Waals surface area contributed by atoms with Crippen LogP contribution in [0, 0.1) is 0 Å². The lowest BCUT2D eigenvalue weighted by atomic mass is 9.99. The zero-order valence-corrected chi connectivity index (χ0v) is 40.6. The highest BCUT2D eigenvalue weighted by atomic mass is 31.2. The van der Waals surface area contributed by atoms with Crippen LogP contribution in [-0.4, -0.2) is 223 Å². The number of carbonyl (C=O) groups is 3. The predicted octanol–water partition coefficient (Wildman–Crippen LogP) is 0.334. The Bertz CT molecular complexity index is 2040. The van der Waals surface area contributed by atoms with E-state index in [9.17, 15) is 45.0 Å². The number of hydrazone groups is 1. The topological polar surface area (TPSA) is 267 Å². The van der Waals surface area contributed by atoms with Gasteiger partial charge >= 0.3 is 12.1 Å². The second-order valence-corrected chi connectivity index (χ2v) is 31.8. The van der Waals surface area contributed by atoms with Crippen molar-refractivity contribution < 1.29 is 59.2 Å². The van der Waals surface area contributed by atoms with Crippen molar-refractivity contribution >= 4 is 63.7 Å². The Balaban J connectivity index is 0.000000210. The highest BCUT2D eigenvalue weighted by Gasteiger charge is 2.48. The summed E-state index contributed by atoms with van der Waals surface area (Å²) in [5.41, 5.74) is 1.90. The maximum absolute atomic E-state index is 11.5. The van der Waals surface area contributed by atoms with E-state index in [0.29, 0.717) is 41.8 Å². The van der Waals surface area contributed by atoms with E-state index in [0.717, 1.165) is 24.7 Å². The van der Waals surface area contributed by atoms with Gasteiger partial charge in [-0.1, -0.05) is 19.7 Å². The first-order valence-corrected chi connectivity index (χ1v) is 30.0. The lowest BCUT2D eigenvalue weighted by Gasteiger charge is -2.30. The fourth-order valence-corrected chi connectivity index (χ4v) is 10.2. The molecule has 0 aromatic heterocycles. The lowest BCUT2D eigenvalue weighted by molar-refractivity contribution is -0.117. The van der Waals surface area contributed by atoms with Gasteiger partial charge in [-0.2, -0.15) is 5.10 Å². The number of amides is 5. The smallest absolute Gasteiger partial charge is 0.325 e. The average molecular weight is 958 g/mol. The summed E-state index contributed by atoms with van der Waals surface area (Å²) in [7, 11) is 1.60. The van der Waals surface area contributed by atoms with Crippen molar-refractivity contribution in [3.8, 4) is 0 Å². The molecule has 6 aliphatic heterocycles. The molecule has 3 fully saturated rings. The van der Waals surface area contributed by atoms with Gasteiger partial charge in [0, 0.05) is 42.0 Å². The predicted molar refractivity (Wildman–Crippen MR) is 258 cm³/mol. The molecule has 6 heterocycles. The van der Waals surface area contributed by atoms with Gasteiger partial charge < -0.3 is 71.0 Å². The molecule has 0 aromatic rings. The average Bonchev–Trinajstić information content (AvgIpc) is 3.74. The van der Waals surface area contributed by atoms with Gasteiger partial charge in [0.05, 0.1) is 18.3 Å². The van der Waals surface area contributed by atoms with Crippen molar-refractivity contribution in [1.82, 2.24) is 31.2 Å². The van der Waals surface area contributed by atoms with E-state index in [4.69, 9.17) is 14.2 Å². The van der Waals surface area contributed by atoms with Crippen molar-refractivity contribution in [2.24, 2.45) is 5.10 Å². The normalized spacial score (nSPS) is 33.3. The van der Waals surface area contributed by atoms with Crippen molar-refractivity contribution in [1.29, 1.82) is 0 Å². The second kappa shape index (κ2) is 21.6. The molecule has 0 spiro atoms. The first-order chi connectivity index (χ1) is 29.5. The fourth-order valence-electron chi connectivity index (χ4n) is 7.33. The zero-order chi connectivity index (χ0) is 48.2. The quantitative estimate of drug-likeness (QED) is 0.119. The van der Waals surface area contributed by atoms with E-state index in [1.54, 1.807) is 13.2 Å². The van der Waals surface area contributed by atoms with E-state index < -0.39 is 94.0 Å². The van der Waals surface area contributed by atoms with Gasteiger partial charge in [-0.25, -0.2) is 14.6 Å². The van der Waals surface area contributed by atoms with Crippen LogP contribution < -0.4 is 21.3 Å². The Morgan fingerprint density at radius 1 is 0.641 bits per heavy atom. The molecule has 22 heteroatoms. The third-order valence-corrected chi connectivity index (χ3v) is 15.5. The van der Waals surface area contributed by atoms with E-state index in [-0.39, 0.29) is 23.8 Å². The number of aliphatic hydroxyl groups is 6. The molecule has 0 aromatic carbocycles. The first kappa shape index (κ1) is 53.3. The SMILES string of the molecule is C=C1NC(=O)C=NN1C1OC(CCP(=C)(C)C)C(O)C1O.C=C1NC(=O)N(C)C=C1C1OC(CCP(=C)(C)C)C(O)C1O.C=C1NC(=O)NC=C1C1OC(CCP(=C)(C)C)C(O)C1O. The van der Waals surface area contributed by atoms with Crippen LogP contribution in [0.3, 0.4) is 0 Å². The first-order valence-electron chi connectivity index (χ1n) is 20.8. The van der Waals surface area contributed by atoms with Gasteiger partial charge in [0.15, 0.2) is 6.23 Å². The Morgan fingerprint density at radius 2 is 1.08 bits per heavy atom. The monoisotopic (exact) mass is 957 g/mol. The minimum Gasteiger partial charge on any atom is -0.388 e. The van der Waals surface area contributed by atoms with E-state index in [2.05, 4.69) is 105 Å². The molecular weight excluding hydrogens is 887 g/mol. The number of rotatable bonds is 12. The van der Waals surface area contributed by atoms with Crippen LogP contribution in [-0.2, 0) is 19.0 Å². The number of ether oxygens (including phenoxy) is 3. The number of aliphatic hydroxyl groups excluding tert-OH is 6. The van der Waals surface area contributed by atoms with Crippen LogP contribution in [0.4, 0.5) is 9.59 Å². The lowest BCUT2D eigenvalue weighted by Crippen LogP contribution is -2.47. The number of hydrogen-bond acceptors (Lipinski definition) is 14. The molecule has 6 aliphatic rings. The molecule has 10 N–H and O–H groups in total. The van der Waals surface area contributed by atoms with Crippen molar-refractivity contribution in [3.63, 3.8) is 0 Å². The van der Waals surface area contributed by atoms with Gasteiger partial charge in [0.2, 0.25) is 0 Å². The van der Waals surface area contributed by atoms with Crippen molar-refractivity contribution in [2.45, 2.75) is 92.6 Å². The highest BCUT2D eigenvalue weighted by molar-refractivity contribution is 7.72. The number of urea groups is 2. The summed E-state index contributed by atoms with van der Waals surface area (Å²) < 4.78 is 17.4.